The van der Waals surface area contributed by atoms with Crippen LogP contribution in [0.4, 0.5) is 0 Å². The fourth-order valence-electron chi connectivity index (χ4n) is 1.06. The van der Waals surface area contributed by atoms with Crippen LogP contribution < -0.4 is 5.32 Å². The van der Waals surface area contributed by atoms with Crippen molar-refractivity contribution in [3.8, 4) is 0 Å². The van der Waals surface area contributed by atoms with Crippen LogP contribution in [-0.4, -0.2) is 32.0 Å². The highest BCUT2D eigenvalue weighted by molar-refractivity contribution is 7.92. The molecule has 0 saturated heterocycles. The van der Waals surface area contributed by atoms with Crippen molar-refractivity contribution in [1.82, 2.24) is 5.32 Å². The number of hydrogen-bond acceptors (Lipinski definition) is 3. The van der Waals surface area contributed by atoms with E-state index in [1.54, 1.807) is 20.8 Å². The molecule has 1 atom stereocenters. The minimum Gasteiger partial charge on any atom is -0.315 e. The van der Waals surface area contributed by atoms with E-state index in [9.17, 15) is 8.42 Å². The number of nitrogens with one attached hydrogen (secondary N) is 1. The summed E-state index contributed by atoms with van der Waals surface area (Å²) in [6.07, 6.45) is 1.04. The molecule has 0 saturated carbocycles. The highest BCUT2D eigenvalue weighted by atomic mass is 32.2. The maximum atomic E-state index is 11.6. The van der Waals surface area contributed by atoms with Crippen LogP contribution in [0.15, 0.2) is 0 Å². The largest absolute Gasteiger partial charge is 0.315 e. The predicted molar refractivity (Wildman–Crippen MR) is 56.7 cm³/mol. The highest BCUT2D eigenvalue weighted by Gasteiger charge is 2.23. The summed E-state index contributed by atoms with van der Waals surface area (Å²) in [5, 5.41) is 2.57. The second-order valence-electron chi connectivity index (χ2n) is 3.65. The summed E-state index contributed by atoms with van der Waals surface area (Å²) in [4.78, 5) is 0. The molecule has 0 amide bonds. The Morgan fingerprint density at radius 1 is 1.23 bits per heavy atom. The molecule has 0 heterocycles. The summed E-state index contributed by atoms with van der Waals surface area (Å²) in [5.41, 5.74) is 0. The molecular weight excluding hydrogens is 186 g/mol. The molecule has 0 aliphatic rings. The number of sulfone groups is 1. The first-order chi connectivity index (χ1) is 5.92. The minimum atomic E-state index is -2.92. The van der Waals surface area contributed by atoms with Crippen molar-refractivity contribution in [3.63, 3.8) is 0 Å². The van der Waals surface area contributed by atoms with Crippen molar-refractivity contribution in [1.29, 1.82) is 0 Å². The van der Waals surface area contributed by atoms with Crippen molar-refractivity contribution in [2.24, 2.45) is 0 Å². The van der Waals surface area contributed by atoms with Crippen LogP contribution in [0.1, 0.15) is 34.1 Å². The molecule has 0 radical (unpaired) electrons. The van der Waals surface area contributed by atoms with Crippen LogP contribution in [-0.2, 0) is 9.84 Å². The Morgan fingerprint density at radius 2 is 1.77 bits per heavy atom. The highest BCUT2D eigenvalue weighted by Crippen LogP contribution is 2.07. The summed E-state index contributed by atoms with van der Waals surface area (Å²) in [7, 11) is -2.92. The van der Waals surface area contributed by atoms with Crippen molar-refractivity contribution in [3.05, 3.63) is 0 Å². The lowest BCUT2D eigenvalue weighted by molar-refractivity contribution is 0.562. The normalized spacial score (nSPS) is 14.8. The number of hydrogen-bond donors (Lipinski definition) is 1. The first-order valence-electron chi connectivity index (χ1n) is 4.86. The molecule has 80 valence electrons. The monoisotopic (exact) mass is 207 g/mol. The molecule has 1 N–H and O–H groups in total. The standard InChI is InChI=1S/C9H21NO2S/c1-5-6-10-7-9(4)13(11,12)8(2)3/h8-10H,5-7H2,1-4H3. The van der Waals surface area contributed by atoms with Crippen molar-refractivity contribution < 1.29 is 8.42 Å². The van der Waals surface area contributed by atoms with Crippen LogP contribution in [0, 0.1) is 0 Å². The van der Waals surface area contributed by atoms with E-state index in [1.807, 2.05) is 0 Å². The molecule has 0 aliphatic carbocycles. The molecule has 0 aliphatic heterocycles. The first kappa shape index (κ1) is 12.9. The van der Waals surface area contributed by atoms with E-state index in [-0.39, 0.29) is 10.5 Å². The van der Waals surface area contributed by atoms with Gasteiger partial charge in [0.05, 0.1) is 10.5 Å². The Labute approximate surface area is 81.8 Å². The molecule has 0 bridgehead atoms. The van der Waals surface area contributed by atoms with E-state index in [0.717, 1.165) is 13.0 Å². The molecule has 3 nitrogen and oxygen atoms in total. The second-order valence-corrected chi connectivity index (χ2v) is 6.58. The van der Waals surface area contributed by atoms with E-state index in [0.29, 0.717) is 6.54 Å². The molecule has 13 heavy (non-hydrogen) atoms. The molecule has 0 spiro atoms. The zero-order chi connectivity index (χ0) is 10.5. The van der Waals surface area contributed by atoms with Gasteiger partial charge in [0.2, 0.25) is 0 Å². The first-order valence-corrected chi connectivity index (χ1v) is 6.47. The lowest BCUT2D eigenvalue weighted by atomic mass is 10.4. The third-order valence-electron chi connectivity index (χ3n) is 2.08. The van der Waals surface area contributed by atoms with Gasteiger partial charge in [-0.15, -0.1) is 0 Å². The average molecular weight is 207 g/mol. The second kappa shape index (κ2) is 5.60. The molecule has 4 heteroatoms. The fraction of sp³-hybridized carbons (Fsp3) is 1.00. The maximum Gasteiger partial charge on any atom is 0.156 e. The van der Waals surface area contributed by atoms with Gasteiger partial charge in [0.15, 0.2) is 9.84 Å². The smallest absolute Gasteiger partial charge is 0.156 e. The predicted octanol–water partition coefficient (Wildman–Crippen LogP) is 1.20. The van der Waals surface area contributed by atoms with E-state index in [2.05, 4.69) is 12.2 Å². The van der Waals surface area contributed by atoms with Gasteiger partial charge in [-0.3, -0.25) is 0 Å². The van der Waals surface area contributed by atoms with Gasteiger partial charge in [-0.1, -0.05) is 6.92 Å². The third-order valence-corrected chi connectivity index (χ3v) is 4.68. The summed E-state index contributed by atoms with van der Waals surface area (Å²) < 4.78 is 23.2. The van der Waals surface area contributed by atoms with Crippen LogP contribution >= 0.6 is 0 Å². The zero-order valence-corrected chi connectivity index (χ0v) is 9.82. The summed E-state index contributed by atoms with van der Waals surface area (Å²) >= 11 is 0. The molecule has 0 aromatic heterocycles. The van der Waals surface area contributed by atoms with Crippen LogP contribution in [0.5, 0.6) is 0 Å². The van der Waals surface area contributed by atoms with Crippen LogP contribution in [0.25, 0.3) is 0 Å². The Hall–Kier alpha value is -0.0900. The van der Waals surface area contributed by atoms with E-state index in [4.69, 9.17) is 0 Å². The summed E-state index contributed by atoms with van der Waals surface area (Å²) in [6, 6.07) is 0. The minimum absolute atomic E-state index is 0.272. The quantitative estimate of drug-likeness (QED) is 0.666. The lowest BCUT2D eigenvalue weighted by Crippen LogP contribution is -2.35. The number of rotatable bonds is 6. The topological polar surface area (TPSA) is 46.2 Å². The van der Waals surface area contributed by atoms with Gasteiger partial charge < -0.3 is 5.32 Å². The SMILES string of the molecule is CCCNCC(C)S(=O)(=O)C(C)C. The lowest BCUT2D eigenvalue weighted by Gasteiger charge is -2.15. The molecule has 1 unspecified atom stereocenters. The molecule has 0 rings (SSSR count). The van der Waals surface area contributed by atoms with Gasteiger partial charge in [-0.05, 0) is 33.7 Å². The Kier molecular flexibility index (Phi) is 5.56. The third kappa shape index (κ3) is 4.09. The molecule has 0 fully saturated rings. The fourth-order valence-corrected chi connectivity index (χ4v) is 2.34. The Bertz CT molecular complexity index is 222. The van der Waals surface area contributed by atoms with E-state index in [1.165, 1.54) is 0 Å². The zero-order valence-electron chi connectivity index (χ0n) is 9.00. The van der Waals surface area contributed by atoms with E-state index >= 15 is 0 Å². The van der Waals surface area contributed by atoms with Crippen molar-refractivity contribution >= 4 is 9.84 Å². The van der Waals surface area contributed by atoms with E-state index < -0.39 is 9.84 Å². The summed E-state index contributed by atoms with van der Waals surface area (Å²) in [5.74, 6) is 0. The Balaban J connectivity index is 4.03. The van der Waals surface area contributed by atoms with Gasteiger partial charge in [0.25, 0.3) is 0 Å². The van der Waals surface area contributed by atoms with Gasteiger partial charge >= 0.3 is 0 Å². The maximum absolute atomic E-state index is 11.6. The van der Waals surface area contributed by atoms with Crippen molar-refractivity contribution in [2.45, 2.75) is 44.6 Å². The molecule has 0 aromatic rings. The van der Waals surface area contributed by atoms with Gasteiger partial charge in [0.1, 0.15) is 0 Å². The Morgan fingerprint density at radius 3 is 2.15 bits per heavy atom. The average Bonchev–Trinajstić information content (AvgIpc) is 2.04. The van der Waals surface area contributed by atoms with Gasteiger partial charge in [-0.2, -0.15) is 0 Å². The van der Waals surface area contributed by atoms with Gasteiger partial charge in [0, 0.05) is 6.54 Å². The van der Waals surface area contributed by atoms with Crippen LogP contribution in [0.3, 0.4) is 0 Å². The summed E-state index contributed by atoms with van der Waals surface area (Å²) in [6.45, 7) is 8.73. The molecule has 0 aromatic carbocycles. The van der Waals surface area contributed by atoms with Gasteiger partial charge in [-0.25, -0.2) is 8.42 Å². The van der Waals surface area contributed by atoms with Crippen molar-refractivity contribution in [2.75, 3.05) is 13.1 Å². The van der Waals surface area contributed by atoms with Crippen LogP contribution in [0.2, 0.25) is 0 Å². The molecular formula is C9H21NO2S.